The third kappa shape index (κ3) is 2.13. The SMILES string of the molecule is CC(=O)N1C(=O)/C(=C(/O)c2ccc3c(c2)nnn3C)c2ccccc21. The van der Waals surface area contributed by atoms with E-state index in [9.17, 15) is 14.7 Å². The first kappa shape index (κ1) is 15.1. The van der Waals surface area contributed by atoms with Crippen molar-refractivity contribution in [2.75, 3.05) is 4.90 Å². The Balaban J connectivity index is 1.93. The number of anilines is 1. The van der Waals surface area contributed by atoms with Gasteiger partial charge in [0.1, 0.15) is 11.3 Å². The molecule has 0 bridgehead atoms. The number of rotatable bonds is 1. The van der Waals surface area contributed by atoms with Crippen molar-refractivity contribution in [3.8, 4) is 0 Å². The summed E-state index contributed by atoms with van der Waals surface area (Å²) >= 11 is 0. The lowest BCUT2D eigenvalue weighted by Gasteiger charge is -2.11. The summed E-state index contributed by atoms with van der Waals surface area (Å²) in [6, 6.07) is 12.0. The summed E-state index contributed by atoms with van der Waals surface area (Å²) in [5.41, 5.74) is 2.96. The quantitative estimate of drug-likeness (QED) is 0.545. The number of carbonyl (C=O) groups excluding carboxylic acids is 2. The minimum absolute atomic E-state index is 0.106. The molecule has 1 aliphatic heterocycles. The van der Waals surface area contributed by atoms with Gasteiger partial charge in [-0.25, -0.2) is 9.58 Å². The van der Waals surface area contributed by atoms with Crippen LogP contribution >= 0.6 is 0 Å². The van der Waals surface area contributed by atoms with Crippen molar-refractivity contribution in [2.45, 2.75) is 6.92 Å². The van der Waals surface area contributed by atoms with Gasteiger partial charge in [-0.1, -0.05) is 23.4 Å². The molecule has 0 saturated heterocycles. The topological polar surface area (TPSA) is 88.3 Å². The largest absolute Gasteiger partial charge is 0.506 e. The van der Waals surface area contributed by atoms with Crippen molar-refractivity contribution in [1.82, 2.24) is 15.0 Å². The van der Waals surface area contributed by atoms with E-state index in [1.807, 2.05) is 0 Å². The van der Waals surface area contributed by atoms with E-state index in [0.717, 1.165) is 10.4 Å². The van der Waals surface area contributed by atoms with Crippen molar-refractivity contribution < 1.29 is 14.7 Å². The van der Waals surface area contributed by atoms with Gasteiger partial charge in [0.25, 0.3) is 5.91 Å². The average molecular weight is 334 g/mol. The van der Waals surface area contributed by atoms with Gasteiger partial charge in [-0.15, -0.1) is 5.10 Å². The maximum atomic E-state index is 12.7. The Bertz CT molecular complexity index is 1080. The van der Waals surface area contributed by atoms with E-state index in [1.165, 1.54) is 6.92 Å². The van der Waals surface area contributed by atoms with Gasteiger partial charge < -0.3 is 5.11 Å². The standard InChI is InChI=1S/C18H14N4O3/c1-10(23)22-14-6-4-3-5-12(14)16(18(22)25)17(24)11-7-8-15-13(9-11)19-20-21(15)2/h3-9,24H,1-2H3/b17-16+. The zero-order valence-electron chi connectivity index (χ0n) is 13.6. The molecule has 4 rings (SSSR count). The van der Waals surface area contributed by atoms with E-state index in [2.05, 4.69) is 10.3 Å². The summed E-state index contributed by atoms with van der Waals surface area (Å²) in [6.07, 6.45) is 0. The fourth-order valence-electron chi connectivity index (χ4n) is 3.09. The number of fused-ring (bicyclic) bond motifs is 2. The fourth-order valence-corrected chi connectivity index (χ4v) is 3.09. The molecule has 25 heavy (non-hydrogen) atoms. The summed E-state index contributed by atoms with van der Waals surface area (Å²) in [5, 5.41) is 18.7. The lowest BCUT2D eigenvalue weighted by Crippen LogP contribution is -2.31. The zero-order chi connectivity index (χ0) is 17.7. The number of hydrogen-bond acceptors (Lipinski definition) is 5. The molecule has 2 heterocycles. The number of imide groups is 1. The molecule has 0 spiro atoms. The molecule has 3 aromatic rings. The van der Waals surface area contributed by atoms with Crippen LogP contribution < -0.4 is 4.90 Å². The van der Waals surface area contributed by atoms with Gasteiger partial charge in [-0.3, -0.25) is 9.59 Å². The van der Waals surface area contributed by atoms with Crippen LogP contribution in [0.3, 0.4) is 0 Å². The minimum atomic E-state index is -0.537. The molecule has 0 atom stereocenters. The van der Waals surface area contributed by atoms with Gasteiger partial charge in [0.15, 0.2) is 0 Å². The Morgan fingerprint density at radius 2 is 1.92 bits per heavy atom. The van der Waals surface area contributed by atoms with Gasteiger partial charge in [0.05, 0.1) is 16.8 Å². The summed E-state index contributed by atoms with van der Waals surface area (Å²) in [7, 11) is 1.77. The maximum Gasteiger partial charge on any atom is 0.269 e. The molecule has 124 valence electrons. The van der Waals surface area contributed by atoms with E-state index >= 15 is 0 Å². The molecule has 7 heteroatoms. The first-order chi connectivity index (χ1) is 12.0. The molecule has 1 aliphatic rings. The Kier molecular flexibility index (Phi) is 3.18. The van der Waals surface area contributed by atoms with E-state index < -0.39 is 11.8 Å². The lowest BCUT2D eigenvalue weighted by molar-refractivity contribution is -0.122. The zero-order valence-corrected chi connectivity index (χ0v) is 13.6. The van der Waals surface area contributed by atoms with Crippen molar-refractivity contribution in [2.24, 2.45) is 7.05 Å². The third-order valence-corrected chi connectivity index (χ3v) is 4.27. The second-order valence-corrected chi connectivity index (χ2v) is 5.82. The van der Waals surface area contributed by atoms with E-state index in [1.54, 1.807) is 54.2 Å². The molecule has 0 fully saturated rings. The highest BCUT2D eigenvalue weighted by Gasteiger charge is 2.37. The molecular formula is C18H14N4O3. The number of aliphatic hydroxyl groups is 1. The Hall–Kier alpha value is -3.48. The number of aliphatic hydroxyl groups excluding tert-OH is 1. The molecule has 7 nitrogen and oxygen atoms in total. The first-order valence-corrected chi connectivity index (χ1v) is 7.66. The molecule has 2 amide bonds. The molecule has 2 aromatic carbocycles. The number of hydrogen-bond donors (Lipinski definition) is 1. The number of amides is 2. The molecule has 0 unspecified atom stereocenters. The Labute approximate surface area is 142 Å². The van der Waals surface area contributed by atoms with Crippen molar-refractivity contribution in [3.05, 3.63) is 53.6 Å². The summed E-state index contributed by atoms with van der Waals surface area (Å²) in [6.45, 7) is 1.32. The van der Waals surface area contributed by atoms with Crippen LogP contribution in [0.2, 0.25) is 0 Å². The number of benzene rings is 2. The predicted octanol–water partition coefficient (Wildman–Crippen LogP) is 2.29. The summed E-state index contributed by atoms with van der Waals surface area (Å²) in [4.78, 5) is 25.7. The molecule has 0 radical (unpaired) electrons. The van der Waals surface area contributed by atoms with Crippen LogP contribution in [-0.2, 0) is 16.6 Å². The van der Waals surface area contributed by atoms with Crippen LogP contribution in [0.15, 0.2) is 42.5 Å². The van der Waals surface area contributed by atoms with Crippen molar-refractivity contribution in [1.29, 1.82) is 0 Å². The van der Waals surface area contributed by atoms with E-state index in [0.29, 0.717) is 22.3 Å². The molecular weight excluding hydrogens is 320 g/mol. The van der Waals surface area contributed by atoms with Crippen molar-refractivity contribution >= 4 is 39.9 Å². The van der Waals surface area contributed by atoms with Crippen LogP contribution in [0.25, 0.3) is 22.4 Å². The number of carbonyl (C=O) groups is 2. The van der Waals surface area contributed by atoms with E-state index in [4.69, 9.17) is 0 Å². The Morgan fingerprint density at radius 1 is 1.16 bits per heavy atom. The second-order valence-electron chi connectivity index (χ2n) is 5.82. The second kappa shape index (κ2) is 5.27. The molecule has 0 saturated carbocycles. The molecule has 1 aromatic heterocycles. The monoisotopic (exact) mass is 334 g/mol. The maximum absolute atomic E-state index is 12.7. The number of para-hydroxylation sites is 1. The molecule has 1 N–H and O–H groups in total. The van der Waals surface area contributed by atoms with Gasteiger partial charge in [0.2, 0.25) is 5.91 Å². The van der Waals surface area contributed by atoms with Gasteiger partial charge in [-0.05, 0) is 24.3 Å². The minimum Gasteiger partial charge on any atom is -0.506 e. The van der Waals surface area contributed by atoms with Crippen LogP contribution in [-0.4, -0.2) is 31.9 Å². The van der Waals surface area contributed by atoms with Crippen LogP contribution in [0.1, 0.15) is 18.1 Å². The van der Waals surface area contributed by atoms with Gasteiger partial charge in [0, 0.05) is 25.1 Å². The van der Waals surface area contributed by atoms with Crippen LogP contribution in [0.4, 0.5) is 5.69 Å². The normalized spacial score (nSPS) is 15.6. The average Bonchev–Trinajstić information content (AvgIpc) is 3.11. The lowest BCUT2D eigenvalue weighted by atomic mass is 10.0. The number of aromatic nitrogens is 3. The highest BCUT2D eigenvalue weighted by atomic mass is 16.3. The smallest absolute Gasteiger partial charge is 0.269 e. The summed E-state index contributed by atoms with van der Waals surface area (Å²) < 4.78 is 1.62. The number of aryl methyl sites for hydroxylation is 1. The fraction of sp³-hybridized carbons (Fsp3) is 0.111. The third-order valence-electron chi connectivity index (χ3n) is 4.27. The molecule has 0 aliphatic carbocycles. The van der Waals surface area contributed by atoms with E-state index in [-0.39, 0.29) is 11.3 Å². The van der Waals surface area contributed by atoms with Crippen LogP contribution in [0, 0.1) is 0 Å². The van der Waals surface area contributed by atoms with Gasteiger partial charge in [-0.2, -0.15) is 0 Å². The van der Waals surface area contributed by atoms with Crippen molar-refractivity contribution in [3.63, 3.8) is 0 Å². The Morgan fingerprint density at radius 3 is 2.68 bits per heavy atom. The highest BCUT2D eigenvalue weighted by Crippen LogP contribution is 2.40. The highest BCUT2D eigenvalue weighted by molar-refractivity contribution is 6.42. The predicted molar refractivity (Wildman–Crippen MR) is 92.6 cm³/mol. The van der Waals surface area contributed by atoms with Crippen LogP contribution in [0.5, 0.6) is 0 Å². The number of nitrogens with zero attached hydrogens (tertiary/aromatic N) is 4. The summed E-state index contributed by atoms with van der Waals surface area (Å²) in [5.74, 6) is -1.12. The van der Waals surface area contributed by atoms with Gasteiger partial charge >= 0.3 is 0 Å². The first-order valence-electron chi connectivity index (χ1n) is 7.66.